The number of hydrogen-bond donors (Lipinski definition) is 1. The Morgan fingerprint density at radius 1 is 1.09 bits per heavy atom. The molecule has 1 aromatic heterocycles. The van der Waals surface area contributed by atoms with Crippen LogP contribution in [-0.2, 0) is 14.3 Å². The number of pyridine rings is 1. The average Bonchev–Trinajstić information content (AvgIpc) is 2.84. The summed E-state index contributed by atoms with van der Waals surface area (Å²) < 4.78 is 10.4. The Hall–Kier alpha value is -3.62. The van der Waals surface area contributed by atoms with Gasteiger partial charge in [-0.25, -0.2) is 9.98 Å². The molecule has 2 aromatic rings. The molecule has 0 unspecified atom stereocenters. The van der Waals surface area contributed by atoms with Crippen molar-refractivity contribution >= 4 is 23.7 Å². The van der Waals surface area contributed by atoms with Gasteiger partial charge in [0.05, 0.1) is 13.7 Å². The number of aliphatic imine (C=N–C) groups is 1. The van der Waals surface area contributed by atoms with Gasteiger partial charge in [-0.1, -0.05) is 18.2 Å². The highest BCUT2D eigenvalue weighted by molar-refractivity contribution is 6.08. The summed E-state index contributed by atoms with van der Waals surface area (Å²) in [6, 6.07) is 12.4. The highest BCUT2D eigenvalue weighted by atomic mass is 16.5. The molecule has 32 heavy (non-hydrogen) atoms. The summed E-state index contributed by atoms with van der Waals surface area (Å²) in [6.45, 7) is 4.77. The molecule has 1 fully saturated rings. The molecule has 2 aliphatic heterocycles. The Labute approximate surface area is 187 Å². The first-order chi connectivity index (χ1) is 15.6. The normalized spacial score (nSPS) is 20.9. The molecule has 1 saturated heterocycles. The number of amides is 1. The Balaban J connectivity index is 1.56. The highest BCUT2D eigenvalue weighted by Gasteiger charge is 2.42. The number of rotatable bonds is 5. The van der Waals surface area contributed by atoms with Gasteiger partial charge in [-0.05, 0) is 36.8 Å². The van der Waals surface area contributed by atoms with Crippen molar-refractivity contribution in [3.63, 3.8) is 0 Å². The average molecular weight is 438 g/mol. The van der Waals surface area contributed by atoms with Gasteiger partial charge in [-0.2, -0.15) is 0 Å². The quantitative estimate of drug-likeness (QED) is 0.561. The number of methoxy groups -OCH3 is 1. The zero-order valence-corrected chi connectivity index (χ0v) is 18.2. The molecule has 9 nitrogen and oxygen atoms in total. The first-order valence-corrected chi connectivity index (χ1v) is 10.7. The lowest BCUT2D eigenvalue weighted by molar-refractivity contribution is -0.153. The molecule has 0 saturated carbocycles. The molecular formula is C23H27N5O4. The second-order valence-corrected chi connectivity index (χ2v) is 7.55. The molecule has 168 valence electrons. The fraction of sp³-hybridized carbons (Fsp3) is 0.391. The molecule has 1 amide bonds. The summed E-state index contributed by atoms with van der Waals surface area (Å²) >= 11 is 0. The number of carbonyl (C=O) groups excluding carboxylic acids is 2. The van der Waals surface area contributed by atoms with E-state index in [0.717, 1.165) is 24.5 Å². The number of nitrogens with zero attached hydrogens (tertiary/aromatic N) is 4. The van der Waals surface area contributed by atoms with E-state index >= 15 is 0 Å². The third-order valence-corrected chi connectivity index (χ3v) is 5.64. The number of benzene rings is 1. The number of piperazine rings is 1. The number of ether oxygens (including phenoxy) is 2. The SMILES string of the molecule is CCOC(=O)[C@H]1C(=O)NC(N2CCN(c3ccccn3)CC2)=N[C@H]1c1ccc(OC)cc1. The van der Waals surface area contributed by atoms with E-state index in [0.29, 0.717) is 24.8 Å². The second-order valence-electron chi connectivity index (χ2n) is 7.55. The van der Waals surface area contributed by atoms with E-state index in [-0.39, 0.29) is 6.61 Å². The first kappa shape index (κ1) is 21.6. The number of aromatic nitrogens is 1. The lowest BCUT2D eigenvalue weighted by Gasteiger charge is -2.39. The topological polar surface area (TPSA) is 96.4 Å². The van der Waals surface area contributed by atoms with Crippen LogP contribution in [0.15, 0.2) is 53.7 Å². The molecule has 9 heteroatoms. The Morgan fingerprint density at radius 2 is 1.81 bits per heavy atom. The monoisotopic (exact) mass is 437 g/mol. The number of esters is 1. The first-order valence-electron chi connectivity index (χ1n) is 10.7. The zero-order valence-electron chi connectivity index (χ0n) is 18.2. The molecule has 0 aliphatic carbocycles. The zero-order chi connectivity index (χ0) is 22.5. The maximum Gasteiger partial charge on any atom is 0.321 e. The lowest BCUT2D eigenvalue weighted by Crippen LogP contribution is -2.57. The fourth-order valence-corrected chi connectivity index (χ4v) is 3.95. The van der Waals surface area contributed by atoms with E-state index in [9.17, 15) is 9.59 Å². The molecular weight excluding hydrogens is 410 g/mol. The van der Waals surface area contributed by atoms with Crippen molar-refractivity contribution in [2.75, 3.05) is 44.8 Å². The van der Waals surface area contributed by atoms with E-state index in [1.165, 1.54) is 0 Å². The maximum atomic E-state index is 13.0. The van der Waals surface area contributed by atoms with Gasteiger partial charge in [-0.3, -0.25) is 14.9 Å². The van der Waals surface area contributed by atoms with Crippen LogP contribution in [0.5, 0.6) is 5.75 Å². The van der Waals surface area contributed by atoms with Crippen LogP contribution in [0.2, 0.25) is 0 Å². The van der Waals surface area contributed by atoms with Crippen LogP contribution in [0.1, 0.15) is 18.5 Å². The van der Waals surface area contributed by atoms with E-state index in [1.54, 1.807) is 32.4 Å². The molecule has 1 N–H and O–H groups in total. The van der Waals surface area contributed by atoms with Gasteiger partial charge in [0.25, 0.3) is 0 Å². The van der Waals surface area contributed by atoms with Crippen molar-refractivity contribution in [3.8, 4) is 5.75 Å². The van der Waals surface area contributed by atoms with Crippen molar-refractivity contribution in [3.05, 3.63) is 54.2 Å². The molecule has 4 rings (SSSR count). The van der Waals surface area contributed by atoms with Gasteiger partial charge < -0.3 is 19.3 Å². The minimum atomic E-state index is -1.04. The molecule has 3 heterocycles. The van der Waals surface area contributed by atoms with Crippen LogP contribution in [0.3, 0.4) is 0 Å². The Kier molecular flexibility index (Phi) is 6.53. The van der Waals surface area contributed by atoms with E-state index in [2.05, 4.69) is 15.2 Å². The van der Waals surface area contributed by atoms with Gasteiger partial charge in [0.2, 0.25) is 11.9 Å². The van der Waals surface area contributed by atoms with Crippen LogP contribution in [0.4, 0.5) is 5.82 Å². The lowest BCUT2D eigenvalue weighted by atomic mass is 9.91. The maximum absolute atomic E-state index is 13.0. The molecule has 0 radical (unpaired) electrons. The van der Waals surface area contributed by atoms with Gasteiger partial charge >= 0.3 is 5.97 Å². The van der Waals surface area contributed by atoms with Crippen molar-refractivity contribution in [2.45, 2.75) is 13.0 Å². The van der Waals surface area contributed by atoms with Crippen molar-refractivity contribution in [1.29, 1.82) is 0 Å². The molecule has 0 bridgehead atoms. The van der Waals surface area contributed by atoms with Crippen molar-refractivity contribution in [2.24, 2.45) is 10.9 Å². The van der Waals surface area contributed by atoms with Crippen LogP contribution in [0, 0.1) is 5.92 Å². The number of anilines is 1. The van der Waals surface area contributed by atoms with Crippen LogP contribution >= 0.6 is 0 Å². The predicted molar refractivity (Wildman–Crippen MR) is 119 cm³/mol. The van der Waals surface area contributed by atoms with Crippen LogP contribution in [0.25, 0.3) is 0 Å². The van der Waals surface area contributed by atoms with E-state index in [1.807, 2.05) is 35.2 Å². The summed E-state index contributed by atoms with van der Waals surface area (Å²) in [5.41, 5.74) is 0.753. The summed E-state index contributed by atoms with van der Waals surface area (Å²) in [5, 5.41) is 2.83. The Morgan fingerprint density at radius 3 is 2.44 bits per heavy atom. The smallest absolute Gasteiger partial charge is 0.321 e. The third-order valence-electron chi connectivity index (χ3n) is 5.64. The molecule has 2 atom stereocenters. The predicted octanol–water partition coefficient (Wildman–Crippen LogP) is 1.62. The summed E-state index contributed by atoms with van der Waals surface area (Å²) in [4.78, 5) is 39.0. The number of hydrogen-bond acceptors (Lipinski definition) is 8. The Bertz CT molecular complexity index is 972. The molecule has 0 spiro atoms. The third kappa shape index (κ3) is 4.51. The van der Waals surface area contributed by atoms with E-state index < -0.39 is 23.8 Å². The standard InChI is InChI=1S/C23H27N5O4/c1-3-32-22(30)19-20(16-7-9-17(31-2)10-8-16)25-23(26-21(19)29)28-14-12-27(13-15-28)18-6-4-5-11-24-18/h4-11,19-20H,3,12-15H2,1-2H3,(H,25,26,29)/t19-,20+/m1/s1. The number of guanidine groups is 1. The van der Waals surface area contributed by atoms with Crippen LogP contribution in [-0.4, -0.2) is 67.6 Å². The van der Waals surface area contributed by atoms with E-state index in [4.69, 9.17) is 14.5 Å². The second kappa shape index (κ2) is 9.67. The van der Waals surface area contributed by atoms with Crippen molar-refractivity contribution < 1.29 is 19.1 Å². The minimum absolute atomic E-state index is 0.198. The largest absolute Gasteiger partial charge is 0.497 e. The number of nitrogens with one attached hydrogen (secondary N) is 1. The highest BCUT2D eigenvalue weighted by Crippen LogP contribution is 2.32. The summed E-state index contributed by atoms with van der Waals surface area (Å²) in [7, 11) is 1.59. The number of carbonyl (C=O) groups is 2. The molecule has 2 aliphatic rings. The summed E-state index contributed by atoms with van der Waals surface area (Å²) in [6.07, 6.45) is 1.78. The van der Waals surface area contributed by atoms with Gasteiger partial charge in [0.1, 0.15) is 17.6 Å². The van der Waals surface area contributed by atoms with Gasteiger partial charge in [-0.15, -0.1) is 0 Å². The fourth-order valence-electron chi connectivity index (χ4n) is 3.95. The molecule has 1 aromatic carbocycles. The van der Waals surface area contributed by atoms with Gasteiger partial charge in [0, 0.05) is 32.4 Å². The minimum Gasteiger partial charge on any atom is -0.497 e. The van der Waals surface area contributed by atoms with Gasteiger partial charge in [0.15, 0.2) is 5.92 Å². The van der Waals surface area contributed by atoms with Crippen LogP contribution < -0.4 is 15.0 Å². The summed E-state index contributed by atoms with van der Waals surface area (Å²) in [5.74, 6) is 0.0887. The van der Waals surface area contributed by atoms with Crippen molar-refractivity contribution in [1.82, 2.24) is 15.2 Å².